The van der Waals surface area contributed by atoms with Crippen LogP contribution in [-0.2, 0) is 4.79 Å². The lowest BCUT2D eigenvalue weighted by molar-refractivity contribution is -0.124. The molecule has 0 aliphatic rings. The van der Waals surface area contributed by atoms with Crippen molar-refractivity contribution in [2.75, 3.05) is 6.61 Å². The molecule has 0 saturated heterocycles. The first-order chi connectivity index (χ1) is 27.0. The van der Waals surface area contributed by atoms with Gasteiger partial charge in [0, 0.05) is 0 Å². The van der Waals surface area contributed by atoms with Crippen LogP contribution in [0.5, 0.6) is 0 Å². The van der Waals surface area contributed by atoms with Crippen molar-refractivity contribution in [3.8, 4) is 0 Å². The van der Waals surface area contributed by atoms with Gasteiger partial charge in [0.15, 0.2) is 0 Å². The molecular weight excluding hydrogens is 679 g/mol. The van der Waals surface area contributed by atoms with Gasteiger partial charge in [0.1, 0.15) is 0 Å². The third-order valence-corrected chi connectivity index (χ3v) is 11.5. The molecule has 0 aliphatic heterocycles. The van der Waals surface area contributed by atoms with Crippen molar-refractivity contribution < 1.29 is 20.1 Å². The van der Waals surface area contributed by atoms with Gasteiger partial charge in [0.2, 0.25) is 5.91 Å². The van der Waals surface area contributed by atoms with Crippen LogP contribution in [-0.4, -0.2) is 46.1 Å². The van der Waals surface area contributed by atoms with Crippen molar-refractivity contribution in [2.24, 2.45) is 0 Å². The number of carbonyl (C=O) groups excluding carboxylic acids is 1. The van der Waals surface area contributed by atoms with Crippen LogP contribution in [0.25, 0.3) is 0 Å². The highest BCUT2D eigenvalue weighted by molar-refractivity contribution is 5.76. The molecule has 0 aromatic carbocycles. The fourth-order valence-corrected chi connectivity index (χ4v) is 7.69. The fourth-order valence-electron chi connectivity index (χ4n) is 7.69. The van der Waals surface area contributed by atoms with E-state index in [0.29, 0.717) is 6.42 Å². The lowest BCUT2D eigenvalue weighted by Crippen LogP contribution is -2.45. The number of hydrogen-bond donors (Lipinski definition) is 4. The minimum atomic E-state index is -0.930. The maximum absolute atomic E-state index is 12.5. The highest BCUT2D eigenvalue weighted by Gasteiger charge is 2.20. The number of unbranched alkanes of at least 4 members (excludes halogenated alkanes) is 34. The quantitative estimate of drug-likeness (QED) is 0.0366. The summed E-state index contributed by atoms with van der Waals surface area (Å²) in [5.41, 5.74) is 0. The van der Waals surface area contributed by atoms with E-state index >= 15 is 0 Å². The molecule has 0 saturated carbocycles. The van der Waals surface area contributed by atoms with Gasteiger partial charge in [-0.25, -0.2) is 0 Å². The molecule has 55 heavy (non-hydrogen) atoms. The molecule has 3 unspecified atom stereocenters. The number of hydrogen-bond acceptors (Lipinski definition) is 4. The molecule has 0 aromatic heterocycles. The molecule has 3 atom stereocenters. The number of aliphatic hydroxyl groups excluding tert-OH is 3. The van der Waals surface area contributed by atoms with Gasteiger partial charge >= 0.3 is 0 Å². The average Bonchev–Trinajstić information content (AvgIpc) is 3.18. The minimum Gasteiger partial charge on any atom is -0.394 e. The number of nitrogens with one attached hydrogen (secondary N) is 1. The Labute approximate surface area is 343 Å². The molecule has 0 aliphatic carbocycles. The van der Waals surface area contributed by atoms with Crippen LogP contribution < -0.4 is 5.32 Å². The van der Waals surface area contributed by atoms with Gasteiger partial charge in [-0.05, 0) is 44.9 Å². The first-order valence-corrected chi connectivity index (χ1v) is 24.6. The number of amides is 1. The second-order valence-corrected chi connectivity index (χ2v) is 17.1. The van der Waals surface area contributed by atoms with Crippen LogP contribution in [0.2, 0.25) is 0 Å². The number of allylic oxidation sites excluding steroid dienone is 3. The molecule has 0 heterocycles. The second kappa shape index (κ2) is 45.5. The highest BCUT2D eigenvalue weighted by Crippen LogP contribution is 2.16. The topological polar surface area (TPSA) is 89.8 Å². The van der Waals surface area contributed by atoms with Crippen molar-refractivity contribution in [3.05, 3.63) is 24.3 Å². The predicted octanol–water partition coefficient (Wildman–Crippen LogP) is 14.6. The molecule has 5 heteroatoms. The first kappa shape index (κ1) is 53.8. The average molecular weight is 776 g/mol. The Morgan fingerprint density at radius 3 is 1.11 bits per heavy atom. The smallest absolute Gasteiger partial charge is 0.222 e. The summed E-state index contributed by atoms with van der Waals surface area (Å²) in [6.45, 7) is 4.23. The van der Waals surface area contributed by atoms with Gasteiger partial charge in [-0.1, -0.05) is 237 Å². The van der Waals surface area contributed by atoms with Gasteiger partial charge < -0.3 is 20.6 Å². The van der Waals surface area contributed by atoms with Gasteiger partial charge in [-0.15, -0.1) is 0 Å². The SMILES string of the molecule is CCCCCCCCCCC/C=C\CCCCCCCC(O)CC(=O)NC(CO)C(O)/C=C/CCCCCCCCCCCCCCCCCCCCCC. The van der Waals surface area contributed by atoms with Gasteiger partial charge in [-0.3, -0.25) is 4.79 Å². The molecular formula is C50H97NO4. The monoisotopic (exact) mass is 776 g/mol. The summed E-state index contributed by atoms with van der Waals surface area (Å²) >= 11 is 0. The number of rotatable bonds is 45. The van der Waals surface area contributed by atoms with E-state index in [-0.39, 0.29) is 18.9 Å². The number of aliphatic hydroxyl groups is 3. The fraction of sp³-hybridized carbons (Fsp3) is 0.900. The van der Waals surface area contributed by atoms with Crippen LogP contribution in [0.4, 0.5) is 0 Å². The van der Waals surface area contributed by atoms with E-state index in [1.165, 1.54) is 199 Å². The van der Waals surface area contributed by atoms with E-state index < -0.39 is 18.2 Å². The standard InChI is InChI=1S/C50H97NO4/c1-3-5-7-9-11-13-15-17-19-21-23-24-25-26-28-30-32-34-36-38-40-42-44-49(54)48(46-52)51-50(55)45-47(53)43-41-39-37-35-33-31-29-27-22-20-18-16-14-12-10-8-6-4-2/h27,29,42,44,47-49,52-54H,3-26,28,30-41,43,45-46H2,1-2H3,(H,51,55)/b29-27-,44-42+. The zero-order chi connectivity index (χ0) is 40.1. The molecule has 326 valence electrons. The molecule has 0 fully saturated rings. The van der Waals surface area contributed by atoms with Crippen LogP contribution >= 0.6 is 0 Å². The van der Waals surface area contributed by atoms with Gasteiger partial charge in [-0.2, -0.15) is 0 Å². The second-order valence-electron chi connectivity index (χ2n) is 17.1. The minimum absolute atomic E-state index is 0.0100. The Kier molecular flexibility index (Phi) is 44.6. The highest BCUT2D eigenvalue weighted by atomic mass is 16.3. The summed E-state index contributed by atoms with van der Waals surface area (Å²) < 4.78 is 0. The van der Waals surface area contributed by atoms with Crippen LogP contribution in [0.15, 0.2) is 24.3 Å². The van der Waals surface area contributed by atoms with Crippen molar-refractivity contribution in [1.82, 2.24) is 5.32 Å². The maximum Gasteiger partial charge on any atom is 0.222 e. The van der Waals surface area contributed by atoms with Crippen molar-refractivity contribution in [2.45, 2.75) is 283 Å². The van der Waals surface area contributed by atoms with Crippen LogP contribution in [0.1, 0.15) is 264 Å². The van der Waals surface area contributed by atoms with Gasteiger partial charge in [0.05, 0.1) is 31.3 Å². The predicted molar refractivity (Wildman–Crippen MR) is 241 cm³/mol. The summed E-state index contributed by atoms with van der Waals surface area (Å²) in [5.74, 6) is -0.317. The Morgan fingerprint density at radius 1 is 0.455 bits per heavy atom. The zero-order valence-corrected chi connectivity index (χ0v) is 37.1. The van der Waals surface area contributed by atoms with E-state index in [1.54, 1.807) is 6.08 Å². The summed E-state index contributed by atoms with van der Waals surface area (Å²) in [7, 11) is 0. The van der Waals surface area contributed by atoms with E-state index in [1.807, 2.05) is 6.08 Å². The Bertz CT molecular complexity index is 814. The first-order valence-electron chi connectivity index (χ1n) is 24.6. The summed E-state index contributed by atoms with van der Waals surface area (Å²) in [6, 6.07) is -0.745. The lowest BCUT2D eigenvalue weighted by Gasteiger charge is -2.21. The Hall–Kier alpha value is -1.17. The van der Waals surface area contributed by atoms with Gasteiger partial charge in [0.25, 0.3) is 0 Å². The molecule has 1 amide bonds. The molecule has 0 radical (unpaired) electrons. The normalized spacial score (nSPS) is 13.6. The molecule has 0 bridgehead atoms. The molecule has 4 N–H and O–H groups in total. The van der Waals surface area contributed by atoms with E-state index in [9.17, 15) is 20.1 Å². The lowest BCUT2D eigenvalue weighted by atomic mass is 10.0. The summed E-state index contributed by atoms with van der Waals surface area (Å²) in [6.07, 6.45) is 56.2. The zero-order valence-electron chi connectivity index (χ0n) is 37.1. The van der Waals surface area contributed by atoms with E-state index in [2.05, 4.69) is 31.3 Å². The van der Waals surface area contributed by atoms with Crippen molar-refractivity contribution in [1.29, 1.82) is 0 Å². The molecule has 0 rings (SSSR count). The molecule has 0 spiro atoms. The Morgan fingerprint density at radius 2 is 0.764 bits per heavy atom. The van der Waals surface area contributed by atoms with E-state index in [0.717, 1.165) is 38.5 Å². The third kappa shape index (κ3) is 42.3. The number of carbonyl (C=O) groups is 1. The largest absolute Gasteiger partial charge is 0.394 e. The van der Waals surface area contributed by atoms with E-state index in [4.69, 9.17) is 0 Å². The van der Waals surface area contributed by atoms with Crippen molar-refractivity contribution >= 4 is 5.91 Å². The van der Waals surface area contributed by atoms with Crippen LogP contribution in [0, 0.1) is 0 Å². The maximum atomic E-state index is 12.5. The van der Waals surface area contributed by atoms with Crippen molar-refractivity contribution in [3.63, 3.8) is 0 Å². The Balaban J connectivity index is 3.62. The van der Waals surface area contributed by atoms with Crippen LogP contribution in [0.3, 0.4) is 0 Å². The summed E-state index contributed by atoms with van der Waals surface area (Å²) in [5, 5.41) is 33.3. The third-order valence-electron chi connectivity index (χ3n) is 11.5. The molecule has 0 aromatic rings. The summed E-state index contributed by atoms with van der Waals surface area (Å²) in [4.78, 5) is 12.5. The molecule has 5 nitrogen and oxygen atoms in total.